The minimum absolute atomic E-state index is 0.538. The Kier molecular flexibility index (Phi) is 3.15. The second-order valence-electron chi connectivity index (χ2n) is 2.96. The molecule has 0 amide bonds. The Hall–Kier alpha value is -0.980. The molecule has 0 saturated heterocycles. The van der Waals surface area contributed by atoms with Gasteiger partial charge in [-0.2, -0.15) is 0 Å². The first-order valence-corrected chi connectivity index (χ1v) is 4.21. The van der Waals surface area contributed by atoms with Crippen LogP contribution in [-0.4, -0.2) is 7.11 Å². The van der Waals surface area contributed by atoms with E-state index >= 15 is 0 Å². The third kappa shape index (κ3) is 2.00. The van der Waals surface area contributed by atoms with E-state index in [1.165, 1.54) is 5.56 Å². The second kappa shape index (κ2) is 4.15. The lowest BCUT2D eigenvalue weighted by molar-refractivity contribution is 0.414. The average Bonchev–Trinajstić information content (AvgIpc) is 2.17. The highest BCUT2D eigenvalue weighted by atomic mass is 16.5. The first-order valence-electron chi connectivity index (χ1n) is 4.21. The van der Waals surface area contributed by atoms with E-state index in [0.29, 0.717) is 5.92 Å². The SMILES string of the molecule is [CH2]CC(C)c1ccc(OC)cc1. The lowest BCUT2D eigenvalue weighted by Crippen LogP contribution is -1.91. The van der Waals surface area contributed by atoms with Crippen LogP contribution in [0.1, 0.15) is 24.8 Å². The Labute approximate surface area is 74.4 Å². The predicted molar refractivity (Wildman–Crippen MR) is 51.4 cm³/mol. The van der Waals surface area contributed by atoms with Crippen molar-refractivity contribution in [3.63, 3.8) is 0 Å². The van der Waals surface area contributed by atoms with Crippen molar-refractivity contribution >= 4 is 0 Å². The molecule has 1 rings (SSSR count). The van der Waals surface area contributed by atoms with Crippen molar-refractivity contribution in [1.29, 1.82) is 0 Å². The van der Waals surface area contributed by atoms with Crippen LogP contribution in [0.4, 0.5) is 0 Å². The van der Waals surface area contributed by atoms with Crippen LogP contribution >= 0.6 is 0 Å². The molecule has 0 N–H and O–H groups in total. The number of rotatable bonds is 3. The summed E-state index contributed by atoms with van der Waals surface area (Å²) in [6.07, 6.45) is 0.937. The van der Waals surface area contributed by atoms with Crippen LogP contribution in [0, 0.1) is 6.92 Å². The van der Waals surface area contributed by atoms with Crippen molar-refractivity contribution in [3.05, 3.63) is 36.8 Å². The third-order valence-electron chi connectivity index (χ3n) is 2.12. The molecule has 0 spiro atoms. The van der Waals surface area contributed by atoms with E-state index in [-0.39, 0.29) is 0 Å². The molecule has 0 aliphatic rings. The molecule has 1 aromatic rings. The fourth-order valence-corrected chi connectivity index (χ4v) is 1.10. The summed E-state index contributed by atoms with van der Waals surface area (Å²) in [5.74, 6) is 1.45. The van der Waals surface area contributed by atoms with Gasteiger partial charge in [-0.25, -0.2) is 0 Å². The molecule has 0 aliphatic carbocycles. The molecule has 12 heavy (non-hydrogen) atoms. The van der Waals surface area contributed by atoms with Crippen molar-refractivity contribution in [2.75, 3.05) is 7.11 Å². The second-order valence-corrected chi connectivity index (χ2v) is 2.96. The Morgan fingerprint density at radius 3 is 2.33 bits per heavy atom. The van der Waals surface area contributed by atoms with Gasteiger partial charge in [0.15, 0.2) is 0 Å². The number of hydrogen-bond donors (Lipinski definition) is 0. The van der Waals surface area contributed by atoms with E-state index in [1.807, 2.05) is 12.1 Å². The quantitative estimate of drug-likeness (QED) is 0.665. The minimum Gasteiger partial charge on any atom is -0.497 e. The molecule has 1 atom stereocenters. The molecule has 1 aromatic carbocycles. The summed E-state index contributed by atoms with van der Waals surface area (Å²) in [5.41, 5.74) is 1.32. The van der Waals surface area contributed by atoms with E-state index in [0.717, 1.165) is 12.2 Å². The lowest BCUT2D eigenvalue weighted by Gasteiger charge is -2.08. The van der Waals surface area contributed by atoms with Crippen molar-refractivity contribution in [3.8, 4) is 5.75 Å². The predicted octanol–water partition coefficient (Wildman–Crippen LogP) is 3.02. The molecule has 0 fully saturated rings. The van der Waals surface area contributed by atoms with Crippen LogP contribution in [0.5, 0.6) is 5.75 Å². The fraction of sp³-hybridized carbons (Fsp3) is 0.364. The molecule has 0 aromatic heterocycles. The minimum atomic E-state index is 0.538. The normalized spacial score (nSPS) is 12.6. The van der Waals surface area contributed by atoms with Gasteiger partial charge in [-0.15, -0.1) is 0 Å². The van der Waals surface area contributed by atoms with Gasteiger partial charge in [0.2, 0.25) is 0 Å². The number of benzene rings is 1. The van der Waals surface area contributed by atoms with Gasteiger partial charge in [0.25, 0.3) is 0 Å². The summed E-state index contributed by atoms with van der Waals surface area (Å²) in [5, 5.41) is 0. The van der Waals surface area contributed by atoms with Crippen LogP contribution in [0.2, 0.25) is 0 Å². The van der Waals surface area contributed by atoms with Gasteiger partial charge in [0.05, 0.1) is 7.11 Å². The Morgan fingerprint density at radius 1 is 1.33 bits per heavy atom. The molecule has 0 heterocycles. The van der Waals surface area contributed by atoms with Crippen LogP contribution in [-0.2, 0) is 0 Å². The first-order chi connectivity index (χ1) is 5.77. The summed E-state index contributed by atoms with van der Waals surface area (Å²) in [4.78, 5) is 0. The Bertz CT molecular complexity index is 225. The molecule has 1 radical (unpaired) electrons. The van der Waals surface area contributed by atoms with E-state index in [2.05, 4.69) is 26.0 Å². The van der Waals surface area contributed by atoms with E-state index in [4.69, 9.17) is 4.74 Å². The van der Waals surface area contributed by atoms with Gasteiger partial charge in [0.1, 0.15) is 5.75 Å². The van der Waals surface area contributed by atoms with Crippen molar-refractivity contribution in [1.82, 2.24) is 0 Å². The highest BCUT2D eigenvalue weighted by molar-refractivity contribution is 5.29. The van der Waals surface area contributed by atoms with Crippen LogP contribution < -0.4 is 4.74 Å². The fourth-order valence-electron chi connectivity index (χ4n) is 1.10. The lowest BCUT2D eigenvalue weighted by atomic mass is 9.99. The summed E-state index contributed by atoms with van der Waals surface area (Å²) in [6, 6.07) is 8.16. The van der Waals surface area contributed by atoms with E-state index in [9.17, 15) is 0 Å². The number of methoxy groups -OCH3 is 1. The largest absolute Gasteiger partial charge is 0.497 e. The summed E-state index contributed by atoms with van der Waals surface area (Å²) in [7, 11) is 1.68. The highest BCUT2D eigenvalue weighted by Gasteiger charge is 2.01. The van der Waals surface area contributed by atoms with Crippen LogP contribution in [0.15, 0.2) is 24.3 Å². The zero-order valence-corrected chi connectivity index (χ0v) is 7.71. The molecule has 1 unspecified atom stereocenters. The first kappa shape index (κ1) is 9.11. The van der Waals surface area contributed by atoms with Gasteiger partial charge in [-0.3, -0.25) is 0 Å². The van der Waals surface area contributed by atoms with Gasteiger partial charge in [-0.1, -0.05) is 26.0 Å². The molecule has 65 valence electrons. The monoisotopic (exact) mass is 163 g/mol. The standard InChI is InChI=1S/C11H15O/c1-4-9(2)10-5-7-11(12-3)8-6-10/h5-9H,1,4H2,2-3H3. The maximum absolute atomic E-state index is 5.07. The number of ether oxygens (including phenoxy) is 1. The van der Waals surface area contributed by atoms with Crippen LogP contribution in [0.25, 0.3) is 0 Å². The van der Waals surface area contributed by atoms with Crippen molar-refractivity contribution in [2.45, 2.75) is 19.3 Å². The molecule has 0 saturated carbocycles. The zero-order chi connectivity index (χ0) is 8.97. The summed E-state index contributed by atoms with van der Waals surface area (Å²) < 4.78 is 5.07. The van der Waals surface area contributed by atoms with E-state index in [1.54, 1.807) is 7.11 Å². The third-order valence-corrected chi connectivity index (χ3v) is 2.12. The maximum atomic E-state index is 5.07. The van der Waals surface area contributed by atoms with E-state index < -0.39 is 0 Å². The highest BCUT2D eigenvalue weighted by Crippen LogP contribution is 2.20. The molecule has 0 bridgehead atoms. The zero-order valence-electron chi connectivity index (χ0n) is 7.71. The average molecular weight is 163 g/mol. The summed E-state index contributed by atoms with van der Waals surface area (Å²) in [6.45, 7) is 6.05. The van der Waals surface area contributed by atoms with Gasteiger partial charge in [0, 0.05) is 0 Å². The smallest absolute Gasteiger partial charge is 0.118 e. The molecular formula is C11H15O. The Morgan fingerprint density at radius 2 is 1.92 bits per heavy atom. The summed E-state index contributed by atoms with van der Waals surface area (Å²) >= 11 is 0. The number of hydrogen-bond acceptors (Lipinski definition) is 1. The topological polar surface area (TPSA) is 9.23 Å². The van der Waals surface area contributed by atoms with Gasteiger partial charge in [-0.05, 0) is 30.0 Å². The molecular weight excluding hydrogens is 148 g/mol. The van der Waals surface area contributed by atoms with Crippen LogP contribution in [0.3, 0.4) is 0 Å². The van der Waals surface area contributed by atoms with Gasteiger partial charge >= 0.3 is 0 Å². The molecule has 1 heteroatoms. The van der Waals surface area contributed by atoms with Crippen molar-refractivity contribution < 1.29 is 4.74 Å². The Balaban J connectivity index is 2.77. The maximum Gasteiger partial charge on any atom is 0.118 e. The molecule has 1 nitrogen and oxygen atoms in total. The van der Waals surface area contributed by atoms with Crippen molar-refractivity contribution in [2.24, 2.45) is 0 Å². The molecule has 0 aliphatic heterocycles. The van der Waals surface area contributed by atoms with Gasteiger partial charge < -0.3 is 4.74 Å².